The summed E-state index contributed by atoms with van der Waals surface area (Å²) in [6.45, 7) is 3.89. The number of likely N-dealkylation sites (tertiary alicyclic amines) is 2. The number of carboxylic acid groups (broad SMARTS) is 1. The zero-order valence-corrected chi connectivity index (χ0v) is 18.0. The van der Waals surface area contributed by atoms with Gasteiger partial charge in [-0.1, -0.05) is 6.07 Å². The summed E-state index contributed by atoms with van der Waals surface area (Å²) in [6, 6.07) is 3.89. The Kier molecular flexibility index (Phi) is 7.05. The average molecular weight is 459 g/mol. The van der Waals surface area contributed by atoms with Gasteiger partial charge < -0.3 is 10.0 Å². The van der Waals surface area contributed by atoms with Crippen molar-refractivity contribution in [3.05, 3.63) is 40.3 Å². The van der Waals surface area contributed by atoms with E-state index in [1.54, 1.807) is 11.3 Å². The molecule has 4 heterocycles. The van der Waals surface area contributed by atoms with Gasteiger partial charge in [-0.2, -0.15) is 18.3 Å². The van der Waals surface area contributed by atoms with Crippen LogP contribution in [0.25, 0.3) is 0 Å². The van der Waals surface area contributed by atoms with Gasteiger partial charge in [-0.05, 0) is 43.7 Å². The number of aromatic nitrogens is 2. The predicted molar refractivity (Wildman–Crippen MR) is 109 cm³/mol. The molecule has 2 aliphatic heterocycles. The van der Waals surface area contributed by atoms with Crippen molar-refractivity contribution >= 4 is 23.2 Å². The third-order valence-electron chi connectivity index (χ3n) is 5.83. The number of aryl methyl sites for hydroxylation is 1. The van der Waals surface area contributed by atoms with Crippen molar-refractivity contribution in [3.8, 4) is 0 Å². The van der Waals surface area contributed by atoms with Gasteiger partial charge in [-0.25, -0.2) is 4.79 Å². The minimum atomic E-state index is -5.08. The zero-order valence-electron chi connectivity index (χ0n) is 17.1. The number of aliphatic carboxylic acids is 1. The lowest BCUT2D eigenvalue weighted by Crippen LogP contribution is -2.52. The van der Waals surface area contributed by atoms with E-state index in [0.29, 0.717) is 0 Å². The highest BCUT2D eigenvalue weighted by molar-refractivity contribution is 7.12. The Balaban J connectivity index is 0.000000339. The molecule has 1 amide bonds. The molecule has 7 nitrogen and oxygen atoms in total. The molecule has 2 aromatic rings. The Bertz CT molecular complexity index is 890. The second-order valence-corrected chi connectivity index (χ2v) is 8.79. The number of rotatable bonds is 3. The van der Waals surface area contributed by atoms with Crippen molar-refractivity contribution in [1.29, 1.82) is 0 Å². The van der Waals surface area contributed by atoms with Gasteiger partial charge in [0, 0.05) is 44.0 Å². The van der Waals surface area contributed by atoms with Crippen LogP contribution in [0, 0.1) is 0 Å². The number of carbonyl (C=O) groups is 2. The molecule has 0 bridgehead atoms. The molecule has 1 spiro atoms. The minimum absolute atomic E-state index is 0.205. The maximum atomic E-state index is 12.6. The summed E-state index contributed by atoms with van der Waals surface area (Å²) in [5, 5.41) is 13.4. The number of piperidine rings is 1. The number of carboxylic acids is 1. The largest absolute Gasteiger partial charge is 0.490 e. The van der Waals surface area contributed by atoms with Gasteiger partial charge in [0.2, 0.25) is 0 Å². The van der Waals surface area contributed by atoms with Crippen LogP contribution in [-0.2, 0) is 18.4 Å². The van der Waals surface area contributed by atoms with Crippen LogP contribution in [0.3, 0.4) is 0 Å². The molecule has 1 N–H and O–H groups in total. The summed E-state index contributed by atoms with van der Waals surface area (Å²) in [7, 11) is 1.97. The van der Waals surface area contributed by atoms with Crippen molar-refractivity contribution < 1.29 is 27.9 Å². The Morgan fingerprint density at radius 1 is 1.23 bits per heavy atom. The molecule has 4 rings (SSSR count). The first-order valence-corrected chi connectivity index (χ1v) is 10.8. The lowest BCUT2D eigenvalue weighted by molar-refractivity contribution is -0.192. The fraction of sp³-hybridized carbons (Fsp3) is 0.550. The molecule has 0 radical (unpaired) electrons. The SMILES string of the molecule is Cn1cc(CN2CCCC23CCN(C(=O)c2cccs2)CC3)cn1.O=C(O)C(F)(F)F. The van der Waals surface area contributed by atoms with Crippen LogP contribution >= 0.6 is 11.3 Å². The van der Waals surface area contributed by atoms with Crippen LogP contribution in [0.2, 0.25) is 0 Å². The first-order chi connectivity index (χ1) is 14.6. The van der Waals surface area contributed by atoms with Crippen molar-refractivity contribution in [2.75, 3.05) is 19.6 Å². The molecule has 0 atom stereocenters. The van der Waals surface area contributed by atoms with Crippen molar-refractivity contribution in [3.63, 3.8) is 0 Å². The van der Waals surface area contributed by atoms with E-state index in [9.17, 15) is 18.0 Å². The van der Waals surface area contributed by atoms with Gasteiger partial charge in [-0.3, -0.25) is 14.4 Å². The van der Waals surface area contributed by atoms with Gasteiger partial charge >= 0.3 is 12.1 Å². The van der Waals surface area contributed by atoms with Crippen molar-refractivity contribution in [2.45, 2.75) is 43.9 Å². The molecule has 0 saturated carbocycles. The number of alkyl halides is 3. The smallest absolute Gasteiger partial charge is 0.475 e. The number of halogens is 3. The topological polar surface area (TPSA) is 78.7 Å². The zero-order chi connectivity index (χ0) is 22.6. The van der Waals surface area contributed by atoms with Crippen molar-refractivity contribution in [2.24, 2.45) is 7.05 Å². The third-order valence-corrected chi connectivity index (χ3v) is 6.69. The fourth-order valence-electron chi connectivity index (χ4n) is 4.26. The number of thiophene rings is 1. The van der Waals surface area contributed by atoms with E-state index in [1.165, 1.54) is 18.4 Å². The van der Waals surface area contributed by atoms with E-state index < -0.39 is 12.1 Å². The minimum Gasteiger partial charge on any atom is -0.475 e. The maximum absolute atomic E-state index is 12.6. The molecular formula is C20H25F3N4O3S. The highest BCUT2D eigenvalue weighted by atomic mass is 32.1. The monoisotopic (exact) mass is 458 g/mol. The van der Waals surface area contributed by atoms with Gasteiger partial charge in [0.15, 0.2) is 0 Å². The molecule has 0 aliphatic carbocycles. The quantitative estimate of drug-likeness (QED) is 0.763. The first kappa shape index (κ1) is 23.3. The van der Waals surface area contributed by atoms with Crippen LogP contribution in [-0.4, -0.2) is 67.9 Å². The Labute approximate surface area is 182 Å². The lowest BCUT2D eigenvalue weighted by atomic mass is 9.84. The molecular weight excluding hydrogens is 433 g/mol. The predicted octanol–water partition coefficient (Wildman–Crippen LogP) is 3.39. The number of hydrogen-bond acceptors (Lipinski definition) is 5. The summed E-state index contributed by atoms with van der Waals surface area (Å²) < 4.78 is 33.6. The second kappa shape index (κ2) is 9.39. The molecule has 170 valence electrons. The Morgan fingerprint density at radius 3 is 2.42 bits per heavy atom. The van der Waals surface area contributed by atoms with Crippen molar-refractivity contribution in [1.82, 2.24) is 19.6 Å². The molecule has 0 aromatic carbocycles. The summed E-state index contributed by atoms with van der Waals surface area (Å²) in [6.07, 6.45) is 3.70. The highest BCUT2D eigenvalue weighted by Gasteiger charge is 2.43. The van der Waals surface area contributed by atoms with Crippen LogP contribution in [0.1, 0.15) is 40.9 Å². The summed E-state index contributed by atoms with van der Waals surface area (Å²) in [5.74, 6) is -2.55. The Morgan fingerprint density at radius 2 is 1.90 bits per heavy atom. The standard InChI is InChI=1S/C18H24N4OS.C2HF3O2/c1-20-13-15(12-19-20)14-22-8-3-5-18(22)6-9-21(10-7-18)17(23)16-4-2-11-24-16;3-2(4,5)1(6)7/h2,4,11-13H,3,5-10,14H2,1H3;(H,6,7). The second-order valence-electron chi connectivity index (χ2n) is 7.84. The molecule has 2 aliphatic rings. The summed E-state index contributed by atoms with van der Waals surface area (Å²) in [5.41, 5.74) is 1.57. The van der Waals surface area contributed by atoms with Crippen LogP contribution in [0.15, 0.2) is 29.9 Å². The van der Waals surface area contributed by atoms with E-state index in [-0.39, 0.29) is 11.4 Å². The van der Waals surface area contributed by atoms with Gasteiger partial charge in [0.1, 0.15) is 0 Å². The fourth-order valence-corrected chi connectivity index (χ4v) is 4.95. The van der Waals surface area contributed by atoms with Crippen LogP contribution in [0.5, 0.6) is 0 Å². The van der Waals surface area contributed by atoms with E-state index in [2.05, 4.69) is 16.2 Å². The van der Waals surface area contributed by atoms with E-state index in [1.807, 2.05) is 40.3 Å². The van der Waals surface area contributed by atoms with Crippen LogP contribution < -0.4 is 0 Å². The number of hydrogen-bond donors (Lipinski definition) is 1. The molecule has 11 heteroatoms. The number of carbonyl (C=O) groups excluding carboxylic acids is 1. The normalized spacial score (nSPS) is 18.6. The molecule has 2 aromatic heterocycles. The first-order valence-electron chi connectivity index (χ1n) is 9.96. The highest BCUT2D eigenvalue weighted by Crippen LogP contribution is 2.39. The number of nitrogens with zero attached hydrogens (tertiary/aromatic N) is 4. The third kappa shape index (κ3) is 5.65. The van der Waals surface area contributed by atoms with E-state index >= 15 is 0 Å². The molecule has 31 heavy (non-hydrogen) atoms. The average Bonchev–Trinajstić information content (AvgIpc) is 3.45. The Hall–Kier alpha value is -2.40. The molecule has 0 unspecified atom stereocenters. The van der Waals surface area contributed by atoms with Gasteiger partial charge in [0.25, 0.3) is 5.91 Å². The lowest BCUT2D eigenvalue weighted by Gasteiger charge is -2.45. The van der Waals surface area contributed by atoms with Gasteiger partial charge in [0.05, 0.1) is 11.1 Å². The summed E-state index contributed by atoms with van der Waals surface area (Å²) >= 11 is 1.54. The van der Waals surface area contributed by atoms with Gasteiger partial charge in [-0.15, -0.1) is 11.3 Å². The summed E-state index contributed by atoms with van der Waals surface area (Å²) in [4.78, 5) is 27.0. The van der Waals surface area contributed by atoms with E-state index in [0.717, 1.165) is 43.9 Å². The number of amides is 1. The maximum Gasteiger partial charge on any atom is 0.490 e. The molecule has 2 fully saturated rings. The van der Waals surface area contributed by atoms with E-state index in [4.69, 9.17) is 9.90 Å². The van der Waals surface area contributed by atoms with Crippen LogP contribution in [0.4, 0.5) is 13.2 Å². The molecule has 2 saturated heterocycles.